The molecule has 0 bridgehead atoms. The van der Waals surface area contributed by atoms with Crippen molar-refractivity contribution in [1.29, 1.82) is 0 Å². The molecule has 28 heavy (non-hydrogen) atoms. The molecule has 1 aromatic heterocycles. The van der Waals surface area contributed by atoms with Gasteiger partial charge in [0.1, 0.15) is 12.1 Å². The second kappa shape index (κ2) is 7.24. The van der Waals surface area contributed by atoms with Crippen LogP contribution >= 0.6 is 11.6 Å². The summed E-state index contributed by atoms with van der Waals surface area (Å²) in [5, 5.41) is 5.60. The van der Waals surface area contributed by atoms with Crippen LogP contribution in [-0.4, -0.2) is 34.3 Å². The fraction of sp³-hybridized carbons (Fsp3) is 0.300. The van der Waals surface area contributed by atoms with Crippen molar-refractivity contribution < 1.29 is 14.4 Å². The van der Waals surface area contributed by atoms with Crippen molar-refractivity contribution in [2.24, 2.45) is 0 Å². The maximum Gasteiger partial charge on any atom is 0.325 e. The van der Waals surface area contributed by atoms with E-state index in [9.17, 15) is 14.4 Å². The minimum atomic E-state index is -1.10. The van der Waals surface area contributed by atoms with E-state index in [0.29, 0.717) is 12.1 Å². The molecule has 1 aromatic carbocycles. The zero-order valence-electron chi connectivity index (χ0n) is 15.1. The highest BCUT2D eigenvalue weighted by atomic mass is 35.5. The molecular formula is C20H19ClN4O3. The zero-order chi connectivity index (χ0) is 19.7. The molecule has 144 valence electrons. The second-order valence-corrected chi connectivity index (χ2v) is 7.34. The van der Waals surface area contributed by atoms with Gasteiger partial charge in [0.15, 0.2) is 5.15 Å². The number of anilines is 1. The lowest BCUT2D eigenvalue weighted by Crippen LogP contribution is -2.44. The molecule has 0 radical (unpaired) electrons. The molecule has 0 saturated carbocycles. The second-order valence-electron chi connectivity index (χ2n) is 6.98. The summed E-state index contributed by atoms with van der Waals surface area (Å²) in [6.45, 7) is -0.389. The van der Waals surface area contributed by atoms with Gasteiger partial charge in [0, 0.05) is 6.20 Å². The molecule has 8 heteroatoms. The highest BCUT2D eigenvalue weighted by Crippen LogP contribution is 2.38. The number of amides is 4. The predicted molar refractivity (Wildman–Crippen MR) is 104 cm³/mol. The van der Waals surface area contributed by atoms with Crippen LogP contribution in [0.3, 0.4) is 0 Å². The third-order valence-electron chi connectivity index (χ3n) is 5.24. The van der Waals surface area contributed by atoms with Gasteiger partial charge in [-0.05, 0) is 48.9 Å². The van der Waals surface area contributed by atoms with Gasteiger partial charge in [-0.25, -0.2) is 9.78 Å². The Morgan fingerprint density at radius 2 is 2.04 bits per heavy atom. The Balaban J connectivity index is 1.58. The first-order chi connectivity index (χ1) is 13.5. The maximum absolute atomic E-state index is 13.3. The summed E-state index contributed by atoms with van der Waals surface area (Å²) in [6, 6.07) is 10.3. The van der Waals surface area contributed by atoms with Gasteiger partial charge in [-0.2, -0.15) is 0 Å². The molecule has 1 unspecified atom stereocenters. The molecule has 1 atom stereocenters. The number of aromatic nitrogens is 1. The number of rotatable bonds is 3. The number of halogens is 1. The van der Waals surface area contributed by atoms with E-state index in [2.05, 4.69) is 15.6 Å². The van der Waals surface area contributed by atoms with Gasteiger partial charge < -0.3 is 10.6 Å². The Morgan fingerprint density at radius 1 is 1.21 bits per heavy atom. The van der Waals surface area contributed by atoms with Gasteiger partial charge in [-0.3, -0.25) is 14.5 Å². The minimum Gasteiger partial charge on any atom is -0.322 e. The third kappa shape index (κ3) is 3.11. The number of nitrogens with zero attached hydrogens (tertiary/aromatic N) is 2. The molecule has 1 spiro atoms. The van der Waals surface area contributed by atoms with E-state index in [1.807, 2.05) is 24.3 Å². The molecule has 2 heterocycles. The highest BCUT2D eigenvalue weighted by molar-refractivity contribution is 6.32. The normalized spacial score (nSPS) is 21.2. The smallest absolute Gasteiger partial charge is 0.322 e. The monoisotopic (exact) mass is 398 g/mol. The first-order valence-electron chi connectivity index (χ1n) is 9.14. The molecule has 1 saturated heterocycles. The molecule has 7 nitrogen and oxygen atoms in total. The van der Waals surface area contributed by atoms with Crippen LogP contribution in [0, 0.1) is 0 Å². The van der Waals surface area contributed by atoms with Gasteiger partial charge in [0.2, 0.25) is 5.91 Å². The van der Waals surface area contributed by atoms with Crippen molar-refractivity contribution in [3.05, 3.63) is 58.9 Å². The van der Waals surface area contributed by atoms with Crippen molar-refractivity contribution in [3.63, 3.8) is 0 Å². The zero-order valence-corrected chi connectivity index (χ0v) is 15.8. The number of hydrogen-bond acceptors (Lipinski definition) is 4. The predicted octanol–water partition coefficient (Wildman–Crippen LogP) is 2.85. The topological polar surface area (TPSA) is 91.4 Å². The fourth-order valence-corrected chi connectivity index (χ4v) is 4.10. The van der Waals surface area contributed by atoms with Crippen LogP contribution in [0.1, 0.15) is 30.4 Å². The Labute approximate surface area is 167 Å². The number of pyridine rings is 1. The molecular weight excluding hydrogens is 380 g/mol. The van der Waals surface area contributed by atoms with Crippen LogP contribution < -0.4 is 10.6 Å². The Hall–Kier alpha value is -2.93. The lowest BCUT2D eigenvalue weighted by atomic mass is 9.84. The first-order valence-corrected chi connectivity index (χ1v) is 9.52. The quantitative estimate of drug-likeness (QED) is 0.614. The van der Waals surface area contributed by atoms with Gasteiger partial charge in [-0.1, -0.05) is 35.9 Å². The Bertz CT molecular complexity index is 964. The summed E-state index contributed by atoms with van der Waals surface area (Å²) < 4.78 is 0. The van der Waals surface area contributed by atoms with E-state index in [4.69, 9.17) is 11.6 Å². The van der Waals surface area contributed by atoms with Crippen LogP contribution in [-0.2, 0) is 21.5 Å². The number of imide groups is 1. The Kier molecular flexibility index (Phi) is 4.77. The van der Waals surface area contributed by atoms with Crippen molar-refractivity contribution >= 4 is 35.1 Å². The number of carbonyl (C=O) groups excluding carboxylic acids is 3. The van der Waals surface area contributed by atoms with Crippen molar-refractivity contribution in [1.82, 2.24) is 15.2 Å². The molecule has 2 aliphatic rings. The largest absolute Gasteiger partial charge is 0.325 e. The van der Waals surface area contributed by atoms with E-state index >= 15 is 0 Å². The summed E-state index contributed by atoms with van der Waals surface area (Å²) in [6.07, 6.45) is 4.64. The van der Waals surface area contributed by atoms with E-state index in [1.54, 1.807) is 12.1 Å². The first kappa shape index (κ1) is 18.4. The van der Waals surface area contributed by atoms with E-state index in [-0.39, 0.29) is 17.6 Å². The number of benzene rings is 1. The molecule has 1 fully saturated rings. The van der Waals surface area contributed by atoms with Gasteiger partial charge in [0.25, 0.3) is 5.91 Å². The van der Waals surface area contributed by atoms with Crippen LogP contribution in [0.15, 0.2) is 42.6 Å². The standard InChI is InChI=1S/C20H19ClN4O3/c21-17-15(9-5-11-22-17)23-16(26)12-25-18(27)20(24-19(25)28)10-4-3-7-13-6-1-2-8-14(13)20/h1-2,5-6,8-9,11H,3-4,7,10,12H2,(H,23,26)(H,24,28). The number of fused-ring (bicyclic) bond motifs is 2. The number of urea groups is 1. The van der Waals surface area contributed by atoms with Crippen LogP contribution in [0.5, 0.6) is 0 Å². The summed E-state index contributed by atoms with van der Waals surface area (Å²) in [5.41, 5.74) is 1.11. The Morgan fingerprint density at radius 3 is 2.86 bits per heavy atom. The maximum atomic E-state index is 13.3. The SMILES string of the molecule is O=C(CN1C(=O)NC2(CCCCc3ccccc32)C1=O)Nc1cccnc1Cl. The number of nitrogens with one attached hydrogen (secondary N) is 2. The summed E-state index contributed by atoms with van der Waals surface area (Å²) >= 11 is 5.95. The van der Waals surface area contributed by atoms with E-state index < -0.39 is 17.5 Å². The van der Waals surface area contributed by atoms with Crippen LogP contribution in [0.25, 0.3) is 0 Å². The van der Waals surface area contributed by atoms with Gasteiger partial charge >= 0.3 is 6.03 Å². The lowest BCUT2D eigenvalue weighted by molar-refractivity contribution is -0.134. The molecule has 2 N–H and O–H groups in total. The molecule has 2 aromatic rings. The van der Waals surface area contributed by atoms with Crippen molar-refractivity contribution in [2.75, 3.05) is 11.9 Å². The lowest BCUT2D eigenvalue weighted by Gasteiger charge is -2.27. The minimum absolute atomic E-state index is 0.141. The van der Waals surface area contributed by atoms with Crippen molar-refractivity contribution in [3.8, 4) is 0 Å². The summed E-state index contributed by atoms with van der Waals surface area (Å²) in [5.74, 6) is -0.906. The van der Waals surface area contributed by atoms with E-state index in [0.717, 1.165) is 35.3 Å². The average molecular weight is 399 g/mol. The molecule has 1 aliphatic heterocycles. The molecule has 1 aliphatic carbocycles. The van der Waals surface area contributed by atoms with Crippen molar-refractivity contribution in [2.45, 2.75) is 31.2 Å². The molecule has 4 amide bonds. The van der Waals surface area contributed by atoms with Crippen LogP contribution in [0.4, 0.5) is 10.5 Å². The number of hydrogen-bond donors (Lipinski definition) is 2. The summed E-state index contributed by atoms with van der Waals surface area (Å²) in [7, 11) is 0. The van der Waals surface area contributed by atoms with Gasteiger partial charge in [0.05, 0.1) is 5.69 Å². The highest BCUT2D eigenvalue weighted by Gasteiger charge is 2.53. The number of carbonyl (C=O) groups is 3. The molecule has 4 rings (SSSR count). The third-order valence-corrected chi connectivity index (χ3v) is 5.54. The summed E-state index contributed by atoms with van der Waals surface area (Å²) in [4.78, 5) is 43.2. The van der Waals surface area contributed by atoms with Crippen LogP contribution in [0.2, 0.25) is 5.15 Å². The van der Waals surface area contributed by atoms with Gasteiger partial charge in [-0.15, -0.1) is 0 Å². The average Bonchev–Trinajstić information content (AvgIpc) is 2.83. The fourth-order valence-electron chi connectivity index (χ4n) is 3.93. The number of aryl methyl sites for hydroxylation is 1. The van der Waals surface area contributed by atoms with E-state index in [1.165, 1.54) is 6.20 Å².